The summed E-state index contributed by atoms with van der Waals surface area (Å²) >= 11 is 0. The summed E-state index contributed by atoms with van der Waals surface area (Å²) < 4.78 is 78.3. The highest BCUT2D eigenvalue weighted by Gasteiger charge is 2.36. The van der Waals surface area contributed by atoms with Gasteiger partial charge in [-0.2, -0.15) is 31.2 Å². The van der Waals surface area contributed by atoms with E-state index < -0.39 is 27.7 Å². The van der Waals surface area contributed by atoms with Gasteiger partial charge in [0.25, 0.3) is 10.0 Å². The topological polar surface area (TPSA) is 76.0 Å². The minimum atomic E-state index is -4.82. The molecule has 0 bridgehead atoms. The maximum Gasteiger partial charge on any atom is 0.435 e. The van der Waals surface area contributed by atoms with E-state index in [1.54, 1.807) is 6.07 Å². The molecule has 2 N–H and O–H groups in total. The number of aromatic nitrogens is 2. The number of nitrogens with one attached hydrogen (secondary N) is 2. The summed E-state index contributed by atoms with van der Waals surface area (Å²) in [5.41, 5.74) is -1.45. The molecule has 3 rings (SSSR count). The van der Waals surface area contributed by atoms with Gasteiger partial charge < -0.3 is 5.32 Å². The molecule has 0 spiro atoms. The third-order valence-corrected chi connectivity index (χ3v) is 5.10. The molecule has 148 valence electrons. The highest BCUT2D eigenvalue weighted by atomic mass is 32.2. The normalized spacial score (nSPS) is 12.0. The van der Waals surface area contributed by atoms with E-state index in [0.717, 1.165) is 6.07 Å². The standard InChI is InChI=1S/C17H14F4N4O2S/c1-22-14-8-7-11(9-13(14)18)15-10-16(17(19,20)21)23-25(15)24-28(26,27)12-5-3-2-4-6-12/h2-10,22,24H,1H3. The molecule has 0 aliphatic carbocycles. The molecule has 3 aromatic rings. The molecule has 28 heavy (non-hydrogen) atoms. The quantitative estimate of drug-likeness (QED) is 0.625. The molecule has 0 atom stereocenters. The van der Waals surface area contributed by atoms with Crippen LogP contribution in [0.15, 0.2) is 59.5 Å². The average Bonchev–Trinajstić information content (AvgIpc) is 3.06. The molecule has 11 heteroatoms. The van der Waals surface area contributed by atoms with Crippen molar-refractivity contribution in [3.8, 4) is 11.3 Å². The van der Waals surface area contributed by atoms with E-state index in [4.69, 9.17) is 0 Å². The molecule has 0 saturated carbocycles. The Morgan fingerprint density at radius 2 is 1.71 bits per heavy atom. The minimum Gasteiger partial charge on any atom is -0.386 e. The van der Waals surface area contributed by atoms with Crippen LogP contribution in [-0.2, 0) is 16.2 Å². The van der Waals surface area contributed by atoms with Gasteiger partial charge in [-0.3, -0.25) is 0 Å². The molecule has 6 nitrogen and oxygen atoms in total. The number of alkyl halides is 3. The van der Waals surface area contributed by atoms with Crippen LogP contribution in [0.2, 0.25) is 0 Å². The van der Waals surface area contributed by atoms with Crippen LogP contribution in [0.25, 0.3) is 11.3 Å². The fourth-order valence-corrected chi connectivity index (χ4v) is 3.43. The molecule has 0 radical (unpaired) electrons. The van der Waals surface area contributed by atoms with Crippen molar-refractivity contribution in [2.24, 2.45) is 0 Å². The van der Waals surface area contributed by atoms with Crippen LogP contribution in [-0.4, -0.2) is 25.4 Å². The first kappa shape index (κ1) is 19.7. The summed E-state index contributed by atoms with van der Waals surface area (Å²) in [5, 5.41) is 5.89. The zero-order valence-corrected chi connectivity index (χ0v) is 15.1. The first-order valence-corrected chi connectivity index (χ1v) is 9.33. The number of halogens is 4. The number of hydrogen-bond acceptors (Lipinski definition) is 4. The first-order valence-electron chi connectivity index (χ1n) is 7.84. The number of sulfonamides is 1. The number of anilines is 1. The summed E-state index contributed by atoms with van der Waals surface area (Å²) in [5.74, 6) is -0.716. The lowest BCUT2D eigenvalue weighted by Crippen LogP contribution is -2.25. The second kappa shape index (κ2) is 7.15. The number of nitrogens with zero attached hydrogens (tertiary/aromatic N) is 2. The van der Waals surface area contributed by atoms with Gasteiger partial charge >= 0.3 is 6.18 Å². The fraction of sp³-hybridized carbons (Fsp3) is 0.118. The molecule has 1 aromatic heterocycles. The maximum atomic E-state index is 14.1. The molecule has 0 amide bonds. The molecule has 0 saturated heterocycles. The third kappa shape index (κ3) is 3.93. The van der Waals surface area contributed by atoms with Crippen molar-refractivity contribution in [3.63, 3.8) is 0 Å². The second-order valence-electron chi connectivity index (χ2n) is 5.68. The lowest BCUT2D eigenvalue weighted by Gasteiger charge is -2.12. The summed E-state index contributed by atoms with van der Waals surface area (Å²) in [6.07, 6.45) is -4.82. The van der Waals surface area contributed by atoms with Crippen LogP contribution >= 0.6 is 0 Å². The van der Waals surface area contributed by atoms with Gasteiger partial charge in [0.1, 0.15) is 5.82 Å². The molecule has 0 aliphatic heterocycles. The van der Waals surface area contributed by atoms with Crippen LogP contribution in [0.4, 0.5) is 23.2 Å². The number of benzene rings is 2. The van der Waals surface area contributed by atoms with Crippen LogP contribution in [0.1, 0.15) is 5.69 Å². The lowest BCUT2D eigenvalue weighted by atomic mass is 10.1. The van der Waals surface area contributed by atoms with E-state index in [1.165, 1.54) is 43.4 Å². The Balaban J connectivity index is 2.10. The van der Waals surface area contributed by atoms with Gasteiger partial charge in [-0.1, -0.05) is 24.3 Å². The van der Waals surface area contributed by atoms with E-state index in [2.05, 4.69) is 10.4 Å². The maximum absolute atomic E-state index is 14.1. The molecule has 2 aromatic carbocycles. The third-order valence-electron chi connectivity index (χ3n) is 3.79. The van der Waals surface area contributed by atoms with Gasteiger partial charge in [-0.15, -0.1) is 5.10 Å². The van der Waals surface area contributed by atoms with Crippen LogP contribution in [0, 0.1) is 5.82 Å². The predicted octanol–water partition coefficient (Wildman–Crippen LogP) is 3.68. The molecule has 0 unspecified atom stereocenters. The molecule has 0 aliphatic rings. The summed E-state index contributed by atoms with van der Waals surface area (Å²) in [7, 11) is -2.74. The van der Waals surface area contributed by atoms with Crippen molar-refractivity contribution >= 4 is 15.7 Å². The monoisotopic (exact) mass is 414 g/mol. The average molecular weight is 414 g/mol. The molecule has 0 fully saturated rings. The Morgan fingerprint density at radius 1 is 1.04 bits per heavy atom. The highest BCUT2D eigenvalue weighted by Crippen LogP contribution is 2.32. The van der Waals surface area contributed by atoms with Crippen LogP contribution in [0.5, 0.6) is 0 Å². The van der Waals surface area contributed by atoms with E-state index in [0.29, 0.717) is 10.9 Å². The Bertz CT molecular complexity index is 1100. The summed E-state index contributed by atoms with van der Waals surface area (Å²) in [4.78, 5) is 2.29. The lowest BCUT2D eigenvalue weighted by molar-refractivity contribution is -0.141. The van der Waals surface area contributed by atoms with Gasteiger partial charge in [0.15, 0.2) is 5.69 Å². The SMILES string of the molecule is CNc1ccc(-c2cc(C(F)(F)F)nn2NS(=O)(=O)c2ccccc2)cc1F. The largest absolute Gasteiger partial charge is 0.435 e. The Labute approximate surface area is 157 Å². The number of hydrogen-bond donors (Lipinski definition) is 2. The van der Waals surface area contributed by atoms with Gasteiger partial charge in [0, 0.05) is 12.6 Å². The first-order chi connectivity index (χ1) is 13.1. The van der Waals surface area contributed by atoms with Crippen molar-refractivity contribution in [2.45, 2.75) is 11.1 Å². The minimum absolute atomic E-state index is 0.00950. The van der Waals surface area contributed by atoms with E-state index >= 15 is 0 Å². The summed E-state index contributed by atoms with van der Waals surface area (Å²) in [6.45, 7) is 0. The zero-order valence-electron chi connectivity index (χ0n) is 14.3. The summed E-state index contributed by atoms with van der Waals surface area (Å²) in [6, 6.07) is 11.4. The second-order valence-corrected chi connectivity index (χ2v) is 7.34. The Morgan fingerprint density at radius 3 is 2.29 bits per heavy atom. The van der Waals surface area contributed by atoms with Crippen molar-refractivity contribution in [3.05, 3.63) is 66.1 Å². The van der Waals surface area contributed by atoms with E-state index in [-0.39, 0.29) is 21.8 Å². The smallest absolute Gasteiger partial charge is 0.386 e. The van der Waals surface area contributed by atoms with Crippen molar-refractivity contribution in [2.75, 3.05) is 17.2 Å². The van der Waals surface area contributed by atoms with Gasteiger partial charge in [0.2, 0.25) is 0 Å². The van der Waals surface area contributed by atoms with E-state index in [1.807, 2.05) is 4.83 Å². The molecule has 1 heterocycles. The van der Waals surface area contributed by atoms with Gasteiger partial charge in [-0.25, -0.2) is 4.39 Å². The fourth-order valence-electron chi connectivity index (χ4n) is 2.44. The van der Waals surface area contributed by atoms with Crippen molar-refractivity contribution in [1.82, 2.24) is 9.89 Å². The number of rotatable bonds is 5. The molecular formula is C17H14F4N4O2S. The van der Waals surface area contributed by atoms with Gasteiger partial charge in [-0.05, 0) is 30.3 Å². The highest BCUT2D eigenvalue weighted by molar-refractivity contribution is 7.92. The van der Waals surface area contributed by atoms with Crippen LogP contribution < -0.4 is 10.1 Å². The molecular weight excluding hydrogens is 400 g/mol. The Hall–Kier alpha value is -3.08. The zero-order chi connectivity index (χ0) is 20.5. The van der Waals surface area contributed by atoms with Crippen molar-refractivity contribution < 1.29 is 26.0 Å². The van der Waals surface area contributed by atoms with Crippen LogP contribution in [0.3, 0.4) is 0 Å². The van der Waals surface area contributed by atoms with Crippen molar-refractivity contribution in [1.29, 1.82) is 0 Å². The van der Waals surface area contributed by atoms with Gasteiger partial charge in [0.05, 0.1) is 16.3 Å². The van der Waals surface area contributed by atoms with E-state index in [9.17, 15) is 26.0 Å². The predicted molar refractivity (Wildman–Crippen MR) is 95.2 cm³/mol. The Kier molecular flexibility index (Phi) is 5.02.